The molecule has 0 unspecified atom stereocenters. The lowest BCUT2D eigenvalue weighted by Gasteiger charge is -2.08. The van der Waals surface area contributed by atoms with Gasteiger partial charge in [-0.15, -0.1) is 0 Å². The SMILES string of the molecule is c1cncc(-c2ccncc2-c2cccnc2)c1. The maximum atomic E-state index is 4.20. The van der Waals surface area contributed by atoms with Gasteiger partial charge in [0.2, 0.25) is 0 Å². The minimum atomic E-state index is 1.06. The predicted molar refractivity (Wildman–Crippen MR) is 70.7 cm³/mol. The Balaban J connectivity index is 2.18. The summed E-state index contributed by atoms with van der Waals surface area (Å²) in [5.41, 5.74) is 4.33. The number of nitrogens with zero attached hydrogens (tertiary/aromatic N) is 3. The van der Waals surface area contributed by atoms with Crippen LogP contribution in [0.1, 0.15) is 0 Å². The van der Waals surface area contributed by atoms with E-state index in [-0.39, 0.29) is 0 Å². The van der Waals surface area contributed by atoms with Gasteiger partial charge in [-0.2, -0.15) is 0 Å². The Hall–Kier alpha value is -2.55. The lowest BCUT2D eigenvalue weighted by Crippen LogP contribution is -1.87. The Kier molecular flexibility index (Phi) is 2.80. The van der Waals surface area contributed by atoms with Crippen LogP contribution in [0.3, 0.4) is 0 Å². The molecule has 0 amide bonds. The van der Waals surface area contributed by atoms with Crippen LogP contribution >= 0.6 is 0 Å². The summed E-state index contributed by atoms with van der Waals surface area (Å²) in [6, 6.07) is 9.93. The molecular weight excluding hydrogens is 222 g/mol. The molecule has 0 aliphatic carbocycles. The van der Waals surface area contributed by atoms with Crippen LogP contribution < -0.4 is 0 Å². The Morgan fingerprint density at radius 3 is 1.78 bits per heavy atom. The first-order chi connectivity index (χ1) is 8.95. The molecule has 3 heterocycles. The zero-order chi connectivity index (χ0) is 12.2. The molecule has 3 rings (SSSR count). The molecule has 18 heavy (non-hydrogen) atoms. The van der Waals surface area contributed by atoms with Gasteiger partial charge in [-0.25, -0.2) is 0 Å². The number of aromatic nitrogens is 3. The van der Waals surface area contributed by atoms with Gasteiger partial charge >= 0.3 is 0 Å². The van der Waals surface area contributed by atoms with Crippen LogP contribution in [0.4, 0.5) is 0 Å². The second kappa shape index (κ2) is 4.75. The Bertz CT molecular complexity index is 578. The van der Waals surface area contributed by atoms with Crippen molar-refractivity contribution in [3.05, 3.63) is 67.5 Å². The van der Waals surface area contributed by atoms with Crippen molar-refractivity contribution in [2.75, 3.05) is 0 Å². The number of rotatable bonds is 2. The lowest BCUT2D eigenvalue weighted by atomic mass is 9.99. The highest BCUT2D eigenvalue weighted by Gasteiger charge is 2.06. The fourth-order valence-corrected chi connectivity index (χ4v) is 1.92. The van der Waals surface area contributed by atoms with Crippen LogP contribution in [0, 0.1) is 0 Å². The van der Waals surface area contributed by atoms with Crippen molar-refractivity contribution < 1.29 is 0 Å². The minimum Gasteiger partial charge on any atom is -0.264 e. The molecule has 0 aromatic carbocycles. The van der Waals surface area contributed by atoms with Gasteiger partial charge in [0.15, 0.2) is 0 Å². The van der Waals surface area contributed by atoms with Gasteiger partial charge in [-0.3, -0.25) is 15.0 Å². The first-order valence-electron chi connectivity index (χ1n) is 5.70. The van der Waals surface area contributed by atoms with Crippen LogP contribution in [0.25, 0.3) is 22.3 Å². The monoisotopic (exact) mass is 233 g/mol. The van der Waals surface area contributed by atoms with Crippen molar-refractivity contribution in [1.82, 2.24) is 15.0 Å². The van der Waals surface area contributed by atoms with Crippen molar-refractivity contribution in [1.29, 1.82) is 0 Å². The van der Waals surface area contributed by atoms with Gasteiger partial charge in [-0.1, -0.05) is 12.1 Å². The van der Waals surface area contributed by atoms with Gasteiger partial charge in [-0.05, 0) is 23.8 Å². The predicted octanol–water partition coefficient (Wildman–Crippen LogP) is 3.21. The van der Waals surface area contributed by atoms with Crippen LogP contribution in [-0.2, 0) is 0 Å². The zero-order valence-electron chi connectivity index (χ0n) is 9.69. The van der Waals surface area contributed by atoms with E-state index in [1.807, 2.05) is 48.9 Å². The molecule has 0 bridgehead atoms. The summed E-state index contributed by atoms with van der Waals surface area (Å²) >= 11 is 0. The van der Waals surface area contributed by atoms with Crippen molar-refractivity contribution in [3.8, 4) is 22.3 Å². The summed E-state index contributed by atoms with van der Waals surface area (Å²) in [6.07, 6.45) is 10.9. The van der Waals surface area contributed by atoms with Crippen LogP contribution in [-0.4, -0.2) is 15.0 Å². The van der Waals surface area contributed by atoms with Gasteiger partial charge in [0, 0.05) is 53.9 Å². The molecule has 3 heteroatoms. The molecule has 0 radical (unpaired) electrons. The molecule has 0 fully saturated rings. The highest BCUT2D eigenvalue weighted by Crippen LogP contribution is 2.29. The molecule has 3 nitrogen and oxygen atoms in total. The van der Waals surface area contributed by atoms with E-state index in [4.69, 9.17) is 0 Å². The largest absolute Gasteiger partial charge is 0.264 e. The van der Waals surface area contributed by atoms with Crippen molar-refractivity contribution in [2.45, 2.75) is 0 Å². The van der Waals surface area contributed by atoms with E-state index in [1.54, 1.807) is 18.6 Å². The first-order valence-corrected chi connectivity index (χ1v) is 5.70. The third-order valence-electron chi connectivity index (χ3n) is 2.77. The number of hydrogen-bond donors (Lipinski definition) is 0. The molecule has 0 atom stereocenters. The average molecular weight is 233 g/mol. The van der Waals surface area contributed by atoms with Gasteiger partial charge in [0.25, 0.3) is 0 Å². The molecule has 0 saturated heterocycles. The summed E-state index contributed by atoms with van der Waals surface area (Å²) in [4.78, 5) is 12.5. The fourth-order valence-electron chi connectivity index (χ4n) is 1.92. The highest BCUT2D eigenvalue weighted by atomic mass is 14.6. The molecule has 86 valence electrons. The summed E-state index contributed by atoms with van der Waals surface area (Å²) in [6.45, 7) is 0. The Morgan fingerprint density at radius 2 is 1.17 bits per heavy atom. The number of hydrogen-bond acceptors (Lipinski definition) is 3. The molecular formula is C15H11N3. The average Bonchev–Trinajstić information content (AvgIpc) is 2.49. The van der Waals surface area contributed by atoms with E-state index in [2.05, 4.69) is 15.0 Å². The smallest absolute Gasteiger partial charge is 0.0353 e. The fraction of sp³-hybridized carbons (Fsp3) is 0. The molecule has 0 aliphatic rings. The van der Waals surface area contributed by atoms with Gasteiger partial charge in [0.1, 0.15) is 0 Å². The van der Waals surface area contributed by atoms with Crippen molar-refractivity contribution in [2.24, 2.45) is 0 Å². The van der Waals surface area contributed by atoms with E-state index in [0.717, 1.165) is 22.3 Å². The highest BCUT2D eigenvalue weighted by molar-refractivity contribution is 5.81. The van der Waals surface area contributed by atoms with E-state index < -0.39 is 0 Å². The second-order valence-corrected chi connectivity index (χ2v) is 3.90. The quantitative estimate of drug-likeness (QED) is 0.682. The van der Waals surface area contributed by atoms with Gasteiger partial charge < -0.3 is 0 Å². The van der Waals surface area contributed by atoms with E-state index in [9.17, 15) is 0 Å². The number of pyridine rings is 3. The molecule has 0 saturated carbocycles. The van der Waals surface area contributed by atoms with Crippen molar-refractivity contribution in [3.63, 3.8) is 0 Å². The second-order valence-electron chi connectivity index (χ2n) is 3.90. The molecule has 0 aliphatic heterocycles. The van der Waals surface area contributed by atoms with Crippen LogP contribution in [0.5, 0.6) is 0 Å². The lowest BCUT2D eigenvalue weighted by molar-refractivity contribution is 1.29. The Labute approximate surface area is 105 Å². The summed E-state index contributed by atoms with van der Waals surface area (Å²) in [5.74, 6) is 0. The minimum absolute atomic E-state index is 1.06. The van der Waals surface area contributed by atoms with Crippen LogP contribution in [0.2, 0.25) is 0 Å². The maximum Gasteiger partial charge on any atom is 0.0353 e. The third kappa shape index (κ3) is 1.98. The van der Waals surface area contributed by atoms with Crippen molar-refractivity contribution >= 4 is 0 Å². The standard InChI is InChI=1S/C15H11N3/c1-3-12(9-16-6-1)14-5-8-18-11-15(14)13-4-2-7-17-10-13/h1-11H. The zero-order valence-corrected chi connectivity index (χ0v) is 9.69. The van der Waals surface area contributed by atoms with Gasteiger partial charge in [0.05, 0.1) is 0 Å². The van der Waals surface area contributed by atoms with E-state index in [0.29, 0.717) is 0 Å². The molecule has 0 spiro atoms. The topological polar surface area (TPSA) is 38.7 Å². The molecule has 3 aromatic rings. The van der Waals surface area contributed by atoms with E-state index >= 15 is 0 Å². The third-order valence-corrected chi connectivity index (χ3v) is 2.77. The molecule has 0 N–H and O–H groups in total. The summed E-state index contributed by atoms with van der Waals surface area (Å²) in [5, 5.41) is 0. The summed E-state index contributed by atoms with van der Waals surface area (Å²) < 4.78 is 0. The maximum absolute atomic E-state index is 4.20. The normalized spacial score (nSPS) is 10.2. The first kappa shape index (κ1) is 10.6. The molecule has 3 aromatic heterocycles. The Morgan fingerprint density at radius 1 is 0.556 bits per heavy atom. The van der Waals surface area contributed by atoms with Crippen LogP contribution in [0.15, 0.2) is 67.5 Å². The summed E-state index contributed by atoms with van der Waals surface area (Å²) in [7, 11) is 0. The van der Waals surface area contributed by atoms with E-state index in [1.165, 1.54) is 0 Å².